The molecule has 5 spiro atoms. The fourth-order valence-corrected chi connectivity index (χ4v) is 16.6. The summed E-state index contributed by atoms with van der Waals surface area (Å²) in [4.78, 5) is 15.8. The van der Waals surface area contributed by atoms with Gasteiger partial charge in [0, 0.05) is 113 Å². The lowest BCUT2D eigenvalue weighted by atomic mass is 9.58. The molecule has 0 bridgehead atoms. The molecule has 12 rings (SSSR count). The first-order valence-electron chi connectivity index (χ1n) is 30.7. The number of nitrogens with one attached hydrogen (secondary N) is 2. The van der Waals surface area contributed by atoms with Gasteiger partial charge in [-0.15, -0.1) is 0 Å². The number of rotatable bonds is 6. The number of hydrogen-bond acceptors (Lipinski definition) is 8. The minimum absolute atomic E-state index is 0.518. The van der Waals surface area contributed by atoms with E-state index in [1.54, 1.807) is 0 Å². The Morgan fingerprint density at radius 1 is 0.406 bits per heavy atom. The number of fused-ring (bicyclic) bond motifs is 1. The van der Waals surface area contributed by atoms with Crippen molar-refractivity contribution in [3.63, 3.8) is 0 Å². The molecular formula is C61H118N8. The van der Waals surface area contributed by atoms with Gasteiger partial charge in [0.25, 0.3) is 0 Å². The zero-order valence-electron chi connectivity index (χ0n) is 48.4. The molecule has 0 aromatic heterocycles. The zero-order chi connectivity index (χ0) is 49.6. The number of hydrogen-bond donors (Lipinski definition) is 2. The summed E-state index contributed by atoms with van der Waals surface area (Å²) in [7, 11) is 0. The summed E-state index contributed by atoms with van der Waals surface area (Å²) < 4.78 is 0. The van der Waals surface area contributed by atoms with Crippen molar-refractivity contribution in [3.8, 4) is 0 Å². The maximum Gasteiger partial charge on any atom is 0.0321 e. The van der Waals surface area contributed by atoms with Crippen molar-refractivity contribution in [2.45, 2.75) is 266 Å². The summed E-state index contributed by atoms with van der Waals surface area (Å²) in [5.74, 6) is 3.15. The highest BCUT2D eigenvalue weighted by atomic mass is 15.3. The number of likely N-dealkylation sites (tertiary alicyclic amines) is 6. The van der Waals surface area contributed by atoms with E-state index in [-0.39, 0.29) is 0 Å². The topological polar surface area (TPSA) is 43.5 Å². The summed E-state index contributed by atoms with van der Waals surface area (Å²) in [5, 5.41) is 7.16. The molecule has 12 fully saturated rings. The first-order chi connectivity index (χ1) is 32.8. The summed E-state index contributed by atoms with van der Waals surface area (Å²) >= 11 is 0. The molecular weight excluding hydrogens is 845 g/mol. The van der Waals surface area contributed by atoms with Crippen LogP contribution < -0.4 is 10.6 Å². The van der Waals surface area contributed by atoms with Crippen molar-refractivity contribution >= 4 is 0 Å². The molecule has 0 radical (unpaired) electrons. The largest absolute Gasteiger partial charge is 0.316 e. The fourth-order valence-electron chi connectivity index (χ4n) is 16.6. The molecule has 4 aliphatic carbocycles. The van der Waals surface area contributed by atoms with Crippen molar-refractivity contribution in [2.24, 2.45) is 34.0 Å². The third-order valence-corrected chi connectivity index (χ3v) is 21.1. The van der Waals surface area contributed by atoms with Crippen LogP contribution in [0.25, 0.3) is 0 Å². The van der Waals surface area contributed by atoms with Gasteiger partial charge in [0.1, 0.15) is 0 Å². The third-order valence-electron chi connectivity index (χ3n) is 21.1. The van der Waals surface area contributed by atoms with E-state index in [4.69, 9.17) is 0 Å². The molecule has 8 nitrogen and oxygen atoms in total. The van der Waals surface area contributed by atoms with Gasteiger partial charge in [-0.1, -0.05) is 39.0 Å². The van der Waals surface area contributed by atoms with Gasteiger partial charge >= 0.3 is 0 Å². The predicted octanol–water partition coefficient (Wildman–Crippen LogP) is 11.6. The van der Waals surface area contributed by atoms with E-state index >= 15 is 0 Å². The molecule has 0 aromatic carbocycles. The van der Waals surface area contributed by atoms with Gasteiger partial charge in [-0.05, 0) is 240 Å². The van der Waals surface area contributed by atoms with Crippen LogP contribution in [0.5, 0.6) is 0 Å². The van der Waals surface area contributed by atoms with Crippen molar-refractivity contribution in [1.29, 1.82) is 0 Å². The van der Waals surface area contributed by atoms with E-state index in [9.17, 15) is 0 Å². The lowest BCUT2D eigenvalue weighted by Gasteiger charge is -2.60. The zero-order valence-corrected chi connectivity index (χ0v) is 48.4. The van der Waals surface area contributed by atoms with Gasteiger partial charge in [-0.2, -0.15) is 0 Å². The highest BCUT2D eigenvalue weighted by molar-refractivity contribution is 5.05. The van der Waals surface area contributed by atoms with Gasteiger partial charge in [0.2, 0.25) is 0 Å². The second-order valence-electron chi connectivity index (χ2n) is 28.4. The molecule has 8 aliphatic heterocycles. The molecule has 4 saturated carbocycles. The van der Waals surface area contributed by atoms with Crippen LogP contribution in [0.3, 0.4) is 0 Å². The van der Waals surface area contributed by atoms with Crippen molar-refractivity contribution in [1.82, 2.24) is 40.0 Å². The molecule has 8 saturated heterocycles. The SMILES string of the molecule is CC(C)N1CC2(CCCC2)C1.CC(C)N1CC2CCCC2C1.CC(C)N1CCC2(CCCN2)C1.CC(C)N1CCC2(CCNC2)C1.CC(C)N1CCCC12CCCC2.CC1CC2(C1)CN(C(C)C)C2. The van der Waals surface area contributed by atoms with E-state index in [2.05, 4.69) is 130 Å². The molecule has 8 heteroatoms. The maximum absolute atomic E-state index is 3.68. The molecule has 8 heterocycles. The van der Waals surface area contributed by atoms with E-state index < -0.39 is 0 Å². The standard InChI is InChI=1S/C11H21N.2C10H20N2.3C10H19N/c1-10(2)12-9-5-8-11(12)6-3-4-7-11;1-9(2)12-6-4-10(8-12)3-5-11-7-10;1-9(2)12-7-5-10(8-12)4-3-6-11-10;1-8(2)11-6-10(7-11)4-9(3)5-10;1-8(2)11-6-9-4-3-5-10(9)7-11;1-9(2)11-7-10(8-11)5-3-4-6-10/h10H,3-9H2,1-2H3;2*9,11H,3-8H2,1-2H3;8-9H,4-7H2,1-3H3;8-10H,3-7H2,1-2H3;9H,3-8H2,1-2H3. The molecule has 12 aliphatic rings. The smallest absolute Gasteiger partial charge is 0.0321 e. The lowest BCUT2D eigenvalue weighted by Crippen LogP contribution is -2.63. The minimum atomic E-state index is 0.518. The van der Waals surface area contributed by atoms with Gasteiger partial charge in [-0.3, -0.25) is 19.6 Å². The van der Waals surface area contributed by atoms with Crippen LogP contribution in [0, 0.1) is 34.0 Å². The maximum atomic E-state index is 3.68. The second kappa shape index (κ2) is 24.6. The van der Waals surface area contributed by atoms with Gasteiger partial charge < -0.3 is 20.4 Å². The lowest BCUT2D eigenvalue weighted by molar-refractivity contribution is -0.102. The highest BCUT2D eigenvalue weighted by Gasteiger charge is 2.51. The Kier molecular flexibility index (Phi) is 20.1. The summed E-state index contributed by atoms with van der Waals surface area (Å²) in [6.45, 7) is 48.8. The predicted molar refractivity (Wildman–Crippen MR) is 298 cm³/mol. The van der Waals surface area contributed by atoms with Crippen molar-refractivity contribution < 1.29 is 0 Å². The quantitative estimate of drug-likeness (QED) is 0.273. The Balaban J connectivity index is 0.000000122. The molecule has 2 N–H and O–H groups in total. The van der Waals surface area contributed by atoms with Crippen LogP contribution in [-0.2, 0) is 0 Å². The van der Waals surface area contributed by atoms with Crippen LogP contribution in [0.1, 0.15) is 218 Å². The number of nitrogens with zero attached hydrogens (tertiary/aromatic N) is 6. The third kappa shape index (κ3) is 14.3. The molecule has 0 aromatic rings. The van der Waals surface area contributed by atoms with Crippen LogP contribution >= 0.6 is 0 Å². The van der Waals surface area contributed by atoms with Gasteiger partial charge in [0.05, 0.1) is 0 Å². The highest BCUT2D eigenvalue weighted by Crippen LogP contribution is 2.52. The summed E-state index contributed by atoms with van der Waals surface area (Å²) in [6, 6.07) is 4.57. The molecule has 4 atom stereocenters. The fraction of sp³-hybridized carbons (Fsp3) is 1.00. The Bertz CT molecular complexity index is 1420. The normalized spacial score (nSPS) is 33.8. The average Bonchev–Trinajstić information content (AvgIpc) is 4.13. The second-order valence-corrected chi connectivity index (χ2v) is 28.4. The van der Waals surface area contributed by atoms with Crippen LogP contribution in [0.4, 0.5) is 0 Å². The monoisotopic (exact) mass is 963 g/mol. The van der Waals surface area contributed by atoms with Crippen LogP contribution in [-0.4, -0.2) is 168 Å². The van der Waals surface area contributed by atoms with E-state index in [0.29, 0.717) is 16.5 Å². The van der Waals surface area contributed by atoms with Crippen molar-refractivity contribution in [3.05, 3.63) is 0 Å². The van der Waals surface area contributed by atoms with Gasteiger partial charge in [0.15, 0.2) is 0 Å². The van der Waals surface area contributed by atoms with Crippen molar-refractivity contribution in [2.75, 3.05) is 91.6 Å². The average molecular weight is 964 g/mol. The molecule has 0 amide bonds. The van der Waals surface area contributed by atoms with E-state index in [1.165, 1.54) is 220 Å². The van der Waals surface area contributed by atoms with Crippen LogP contribution in [0.2, 0.25) is 0 Å². The Morgan fingerprint density at radius 2 is 0.913 bits per heavy atom. The van der Waals surface area contributed by atoms with Crippen LogP contribution in [0.15, 0.2) is 0 Å². The minimum Gasteiger partial charge on any atom is -0.316 e. The molecule has 402 valence electrons. The Morgan fingerprint density at radius 3 is 1.38 bits per heavy atom. The van der Waals surface area contributed by atoms with E-state index in [0.717, 1.165) is 64.8 Å². The molecule has 4 unspecified atom stereocenters. The first-order valence-corrected chi connectivity index (χ1v) is 30.7. The molecule has 69 heavy (non-hydrogen) atoms. The summed E-state index contributed by atoms with van der Waals surface area (Å²) in [5.41, 5.74) is 3.43. The first kappa shape index (κ1) is 56.4. The van der Waals surface area contributed by atoms with Gasteiger partial charge in [-0.25, -0.2) is 0 Å². The van der Waals surface area contributed by atoms with E-state index in [1.807, 2.05) is 0 Å². The Hall–Kier alpha value is -0.320. The summed E-state index contributed by atoms with van der Waals surface area (Å²) in [6.07, 6.45) is 29.3. The Labute approximate surface area is 429 Å².